The molecule has 0 aliphatic carbocycles. The second kappa shape index (κ2) is 9.51. The van der Waals surface area contributed by atoms with Gasteiger partial charge in [-0.25, -0.2) is 13.2 Å². The summed E-state index contributed by atoms with van der Waals surface area (Å²) >= 11 is 0. The zero-order valence-electron chi connectivity index (χ0n) is 20.7. The lowest BCUT2D eigenvalue weighted by atomic mass is 9.86. The fourth-order valence-corrected chi connectivity index (χ4v) is 5.84. The quantitative estimate of drug-likeness (QED) is 0.440. The van der Waals surface area contributed by atoms with Gasteiger partial charge >= 0.3 is 0 Å². The number of likely N-dealkylation sites (tertiary alicyclic amines) is 1. The first-order valence-electron chi connectivity index (χ1n) is 12.6. The van der Waals surface area contributed by atoms with E-state index in [-0.39, 0.29) is 6.04 Å². The molecule has 0 radical (unpaired) electrons. The maximum atomic E-state index is 15.8. The summed E-state index contributed by atoms with van der Waals surface area (Å²) in [5, 5.41) is 1.07. The molecular formula is C28H34F3N3O. The Balaban J connectivity index is 1.52. The van der Waals surface area contributed by atoms with Crippen molar-refractivity contribution in [3.63, 3.8) is 0 Å². The van der Waals surface area contributed by atoms with E-state index in [1.165, 1.54) is 18.9 Å². The van der Waals surface area contributed by atoms with E-state index in [0.717, 1.165) is 48.7 Å². The van der Waals surface area contributed by atoms with E-state index in [4.69, 9.17) is 4.74 Å². The number of para-hydroxylation sites is 1. The Hall–Kier alpha value is -2.51. The number of aromatic nitrogens is 1. The SMILES string of the molecule is Cc1cc(OCCN2CCCC2)cc(F)c1[C@@H]1c2[nH]c3ccccc3c2C[C@@H](C)N1CC(C)(F)F. The highest BCUT2D eigenvalue weighted by Gasteiger charge is 2.41. The minimum atomic E-state index is -2.90. The molecule has 188 valence electrons. The molecular weight excluding hydrogens is 451 g/mol. The van der Waals surface area contributed by atoms with Crippen LogP contribution in [0.1, 0.15) is 55.1 Å². The van der Waals surface area contributed by atoms with E-state index < -0.39 is 24.3 Å². The van der Waals surface area contributed by atoms with Crippen LogP contribution in [0.25, 0.3) is 10.9 Å². The van der Waals surface area contributed by atoms with Crippen LogP contribution in [0.5, 0.6) is 5.75 Å². The van der Waals surface area contributed by atoms with E-state index in [9.17, 15) is 8.78 Å². The van der Waals surface area contributed by atoms with Crippen molar-refractivity contribution in [2.45, 2.75) is 58.0 Å². The van der Waals surface area contributed by atoms with Crippen LogP contribution in [0.2, 0.25) is 0 Å². The zero-order valence-corrected chi connectivity index (χ0v) is 20.7. The molecule has 0 unspecified atom stereocenters. The average molecular weight is 486 g/mol. The summed E-state index contributed by atoms with van der Waals surface area (Å²) in [6.45, 7) is 7.76. The van der Waals surface area contributed by atoms with E-state index in [1.807, 2.05) is 44.2 Å². The molecule has 3 heterocycles. The lowest BCUT2D eigenvalue weighted by Crippen LogP contribution is -2.47. The topological polar surface area (TPSA) is 31.5 Å². The Bertz CT molecular complexity index is 1170. The van der Waals surface area contributed by atoms with Crippen LogP contribution >= 0.6 is 0 Å². The van der Waals surface area contributed by atoms with Gasteiger partial charge in [0.15, 0.2) is 0 Å². The number of rotatable bonds is 7. The molecule has 1 aromatic heterocycles. The molecule has 0 spiro atoms. The van der Waals surface area contributed by atoms with Gasteiger partial charge in [0, 0.05) is 47.7 Å². The van der Waals surface area contributed by atoms with Gasteiger partial charge < -0.3 is 9.72 Å². The number of hydrogen-bond acceptors (Lipinski definition) is 3. The number of nitrogens with zero attached hydrogens (tertiary/aromatic N) is 2. The maximum Gasteiger partial charge on any atom is 0.257 e. The molecule has 7 heteroatoms. The zero-order chi connectivity index (χ0) is 24.7. The summed E-state index contributed by atoms with van der Waals surface area (Å²) in [5.41, 5.74) is 3.96. The first kappa shape index (κ1) is 24.2. The van der Waals surface area contributed by atoms with Crippen LogP contribution in [-0.2, 0) is 6.42 Å². The predicted octanol–water partition coefficient (Wildman–Crippen LogP) is 6.08. The number of halogens is 3. The molecule has 2 aromatic carbocycles. The highest BCUT2D eigenvalue weighted by atomic mass is 19.3. The number of fused-ring (bicyclic) bond motifs is 3. The molecule has 1 saturated heterocycles. The fraction of sp³-hybridized carbons (Fsp3) is 0.500. The Morgan fingerprint density at radius 3 is 2.60 bits per heavy atom. The van der Waals surface area contributed by atoms with Crippen molar-refractivity contribution in [3.8, 4) is 5.75 Å². The third-order valence-corrected chi connectivity index (χ3v) is 7.44. The van der Waals surface area contributed by atoms with Gasteiger partial charge in [0.25, 0.3) is 5.92 Å². The molecule has 0 amide bonds. The van der Waals surface area contributed by atoms with E-state index in [1.54, 1.807) is 4.90 Å². The molecule has 0 bridgehead atoms. The van der Waals surface area contributed by atoms with Crippen molar-refractivity contribution in [2.75, 3.05) is 32.8 Å². The Morgan fingerprint density at radius 1 is 1.14 bits per heavy atom. The number of H-pyrrole nitrogens is 1. The number of ether oxygens (including phenoxy) is 1. The summed E-state index contributed by atoms with van der Waals surface area (Å²) in [6, 6.07) is 10.4. The summed E-state index contributed by atoms with van der Waals surface area (Å²) in [6.07, 6.45) is 3.06. The minimum absolute atomic E-state index is 0.173. The third-order valence-electron chi connectivity index (χ3n) is 7.44. The first-order valence-corrected chi connectivity index (χ1v) is 12.6. The van der Waals surface area contributed by atoms with Gasteiger partial charge in [0.2, 0.25) is 0 Å². The van der Waals surface area contributed by atoms with Gasteiger partial charge in [-0.15, -0.1) is 0 Å². The molecule has 0 saturated carbocycles. The molecule has 2 atom stereocenters. The number of benzene rings is 2. The molecule has 5 rings (SSSR count). The standard InChI is InChI=1S/C28H34F3N3O/c1-18-14-20(35-13-12-33-10-6-7-11-33)16-23(29)25(18)27-26-22(21-8-4-5-9-24(21)32-26)15-19(2)34(27)17-28(3,30)31/h4-5,8-9,14,16,19,27,32H,6-7,10-13,15,17H2,1-3H3/t19-,27-/m1/s1. The molecule has 3 aromatic rings. The monoisotopic (exact) mass is 485 g/mol. The number of alkyl halides is 2. The van der Waals surface area contributed by atoms with Crippen molar-refractivity contribution < 1.29 is 17.9 Å². The van der Waals surface area contributed by atoms with Crippen LogP contribution in [0.3, 0.4) is 0 Å². The van der Waals surface area contributed by atoms with E-state index >= 15 is 4.39 Å². The summed E-state index contributed by atoms with van der Waals surface area (Å²) < 4.78 is 50.3. The second-order valence-electron chi connectivity index (χ2n) is 10.3. The summed E-state index contributed by atoms with van der Waals surface area (Å²) in [4.78, 5) is 7.54. The molecule has 4 nitrogen and oxygen atoms in total. The first-order chi connectivity index (χ1) is 16.7. The minimum Gasteiger partial charge on any atom is -0.492 e. The highest BCUT2D eigenvalue weighted by molar-refractivity contribution is 5.85. The van der Waals surface area contributed by atoms with E-state index in [0.29, 0.717) is 29.9 Å². The van der Waals surface area contributed by atoms with Crippen LogP contribution in [0.4, 0.5) is 13.2 Å². The Kier molecular flexibility index (Phi) is 6.57. The predicted molar refractivity (Wildman–Crippen MR) is 133 cm³/mol. The van der Waals surface area contributed by atoms with Gasteiger partial charge in [-0.3, -0.25) is 9.80 Å². The summed E-state index contributed by atoms with van der Waals surface area (Å²) in [5.74, 6) is -2.84. The number of nitrogens with one attached hydrogen (secondary N) is 1. The van der Waals surface area contributed by atoms with Gasteiger partial charge in [-0.1, -0.05) is 18.2 Å². The molecule has 1 fully saturated rings. The van der Waals surface area contributed by atoms with E-state index in [2.05, 4.69) is 9.88 Å². The van der Waals surface area contributed by atoms with Crippen LogP contribution in [0, 0.1) is 12.7 Å². The highest BCUT2D eigenvalue weighted by Crippen LogP contribution is 2.44. The molecule has 35 heavy (non-hydrogen) atoms. The largest absolute Gasteiger partial charge is 0.492 e. The lowest BCUT2D eigenvalue weighted by molar-refractivity contribution is -0.0371. The van der Waals surface area contributed by atoms with Gasteiger partial charge in [0.05, 0.1) is 12.6 Å². The van der Waals surface area contributed by atoms with Crippen molar-refractivity contribution >= 4 is 10.9 Å². The summed E-state index contributed by atoms with van der Waals surface area (Å²) in [7, 11) is 0. The lowest BCUT2D eigenvalue weighted by Gasteiger charge is -2.42. The number of aryl methyl sites for hydroxylation is 1. The van der Waals surface area contributed by atoms with Crippen LogP contribution in [-0.4, -0.2) is 59.5 Å². The smallest absolute Gasteiger partial charge is 0.257 e. The van der Waals surface area contributed by atoms with Crippen molar-refractivity contribution in [1.29, 1.82) is 0 Å². The Labute approximate surface area is 205 Å². The normalized spacial score (nSPS) is 21.5. The molecule has 2 aliphatic heterocycles. The van der Waals surface area contributed by atoms with Gasteiger partial charge in [0.1, 0.15) is 18.2 Å². The molecule has 1 N–H and O–H groups in total. The number of aromatic amines is 1. The number of hydrogen-bond donors (Lipinski definition) is 1. The fourth-order valence-electron chi connectivity index (χ4n) is 5.84. The van der Waals surface area contributed by atoms with Crippen LogP contribution < -0.4 is 4.74 Å². The van der Waals surface area contributed by atoms with Crippen molar-refractivity contribution in [2.24, 2.45) is 0 Å². The van der Waals surface area contributed by atoms with Gasteiger partial charge in [-0.2, -0.15) is 0 Å². The molecule has 2 aliphatic rings. The van der Waals surface area contributed by atoms with Gasteiger partial charge in [-0.05, 0) is 69.5 Å². The van der Waals surface area contributed by atoms with Crippen LogP contribution in [0.15, 0.2) is 36.4 Å². The average Bonchev–Trinajstić information content (AvgIpc) is 3.42. The maximum absolute atomic E-state index is 15.8. The second-order valence-corrected chi connectivity index (χ2v) is 10.3. The van der Waals surface area contributed by atoms with Crippen molar-refractivity contribution in [1.82, 2.24) is 14.8 Å². The third kappa shape index (κ3) is 4.94. The Morgan fingerprint density at radius 2 is 1.89 bits per heavy atom. The van der Waals surface area contributed by atoms with Crippen molar-refractivity contribution in [3.05, 3.63) is 64.6 Å².